The predicted octanol–water partition coefficient (Wildman–Crippen LogP) is 7.07. The normalized spacial score (nSPS) is 16.3. The molecule has 2 aromatic heterocycles. The van der Waals surface area contributed by atoms with Crippen LogP contribution in [0, 0.1) is 5.82 Å². The Morgan fingerprint density at radius 1 is 1.00 bits per heavy atom. The minimum absolute atomic E-state index is 0.000367. The van der Waals surface area contributed by atoms with Crippen LogP contribution in [0.25, 0.3) is 22.4 Å². The summed E-state index contributed by atoms with van der Waals surface area (Å²) in [4.78, 5) is 33.6. The summed E-state index contributed by atoms with van der Waals surface area (Å²) in [6.07, 6.45) is 5.80. The van der Waals surface area contributed by atoms with Crippen molar-refractivity contribution in [1.82, 2.24) is 30.8 Å². The SMILES string of the molecule is CC(=O)N1CCC(NCc2ccnc(Nc3cccc(-c4ccnc(-c5ccc(CNCC6CCC(=O)N6)c(OC(F)F)c5)c4Cl)c3Cl)c2F)CC1. The van der Waals surface area contributed by atoms with Gasteiger partial charge in [0.05, 0.1) is 21.4 Å². The van der Waals surface area contributed by atoms with Crippen LogP contribution in [0.1, 0.15) is 43.7 Å². The molecule has 2 amide bonds. The third-order valence-corrected chi connectivity index (χ3v) is 10.1. The van der Waals surface area contributed by atoms with Crippen LogP contribution in [0.2, 0.25) is 10.0 Å². The fourth-order valence-electron chi connectivity index (χ4n) is 6.44. The van der Waals surface area contributed by atoms with Gasteiger partial charge in [0.2, 0.25) is 11.8 Å². The van der Waals surface area contributed by atoms with E-state index < -0.39 is 12.4 Å². The quantitative estimate of drug-likeness (QED) is 0.114. The topological polar surface area (TPSA) is 121 Å². The third-order valence-electron chi connectivity index (χ3n) is 9.27. The summed E-state index contributed by atoms with van der Waals surface area (Å²) < 4.78 is 47.4. The lowest BCUT2D eigenvalue weighted by Gasteiger charge is -2.31. The van der Waals surface area contributed by atoms with E-state index in [0.717, 1.165) is 12.8 Å². The molecule has 15 heteroatoms. The highest BCUT2D eigenvalue weighted by molar-refractivity contribution is 6.39. The van der Waals surface area contributed by atoms with Crippen molar-refractivity contribution in [3.8, 4) is 28.1 Å². The fourth-order valence-corrected chi connectivity index (χ4v) is 7.04. The number of nitrogens with one attached hydrogen (secondary N) is 4. The molecule has 2 aliphatic heterocycles. The first-order valence-electron chi connectivity index (χ1n) is 17.0. The highest BCUT2D eigenvalue weighted by Gasteiger charge is 2.23. The maximum Gasteiger partial charge on any atom is 0.387 e. The van der Waals surface area contributed by atoms with Crippen molar-refractivity contribution in [2.24, 2.45) is 0 Å². The number of benzene rings is 2. The smallest absolute Gasteiger partial charge is 0.387 e. The molecular weight excluding hydrogens is 718 g/mol. The van der Waals surface area contributed by atoms with Crippen LogP contribution < -0.4 is 26.0 Å². The van der Waals surface area contributed by atoms with E-state index in [4.69, 9.17) is 27.9 Å². The van der Waals surface area contributed by atoms with Gasteiger partial charge in [0.1, 0.15) is 5.75 Å². The number of carbonyl (C=O) groups is 2. The van der Waals surface area contributed by atoms with Crippen LogP contribution in [-0.2, 0) is 22.7 Å². The molecule has 1 unspecified atom stereocenters. The Labute approximate surface area is 309 Å². The molecule has 6 rings (SSSR count). The van der Waals surface area contributed by atoms with Gasteiger partial charge in [-0.3, -0.25) is 14.6 Å². The van der Waals surface area contributed by atoms with Crippen molar-refractivity contribution in [2.75, 3.05) is 25.0 Å². The van der Waals surface area contributed by atoms with Crippen molar-refractivity contribution in [3.63, 3.8) is 0 Å². The Morgan fingerprint density at radius 2 is 1.77 bits per heavy atom. The minimum atomic E-state index is -3.06. The molecule has 10 nitrogen and oxygen atoms in total. The molecular formula is C37H38Cl2F3N7O3. The van der Waals surface area contributed by atoms with Gasteiger partial charge in [-0.1, -0.05) is 47.5 Å². The minimum Gasteiger partial charge on any atom is -0.434 e. The van der Waals surface area contributed by atoms with E-state index in [1.54, 1.807) is 49.4 Å². The molecule has 274 valence electrons. The van der Waals surface area contributed by atoms with E-state index in [2.05, 4.69) is 31.2 Å². The Morgan fingerprint density at radius 3 is 2.50 bits per heavy atom. The average molecular weight is 757 g/mol. The number of halogens is 5. The standard InChI is InChI=1S/C37H38Cl2F3N7O3/c1-21(50)49-15-11-25(12-16-49)46-19-24-9-13-45-36(34(24)40)48-29-4-2-3-27(32(29)38)28-10-14-44-35(33(28)39)22-5-6-23(30(17-22)52-37(41)42)18-43-20-26-7-8-31(51)47-26/h2-6,9-10,13-14,17,25-26,37,43,46H,7-8,11-12,15-16,18-20H2,1H3,(H,45,48)(H,47,51). The number of carbonyl (C=O) groups excluding carboxylic acids is 2. The first-order chi connectivity index (χ1) is 25.1. The number of anilines is 2. The molecule has 4 N–H and O–H groups in total. The van der Waals surface area contributed by atoms with Crippen molar-refractivity contribution >= 4 is 46.5 Å². The van der Waals surface area contributed by atoms with Crippen molar-refractivity contribution in [1.29, 1.82) is 0 Å². The Balaban J connectivity index is 1.18. The summed E-state index contributed by atoms with van der Waals surface area (Å²) in [7, 11) is 0. The summed E-state index contributed by atoms with van der Waals surface area (Å²) in [5, 5.41) is 12.9. The molecule has 0 aliphatic carbocycles. The third kappa shape index (κ3) is 8.95. The zero-order valence-electron chi connectivity index (χ0n) is 28.3. The maximum atomic E-state index is 15.7. The zero-order valence-corrected chi connectivity index (χ0v) is 29.8. The highest BCUT2D eigenvalue weighted by atomic mass is 35.5. The molecule has 2 fully saturated rings. The van der Waals surface area contributed by atoms with E-state index in [9.17, 15) is 18.4 Å². The molecule has 0 spiro atoms. The van der Waals surface area contributed by atoms with Gasteiger partial charge in [-0.2, -0.15) is 8.78 Å². The number of likely N-dealkylation sites (tertiary alicyclic amines) is 1. The molecule has 2 aliphatic rings. The first kappa shape index (κ1) is 37.3. The number of rotatable bonds is 13. The molecule has 1 atom stereocenters. The molecule has 2 aromatic carbocycles. The number of pyridine rings is 2. The highest BCUT2D eigenvalue weighted by Crippen LogP contribution is 2.42. The van der Waals surface area contributed by atoms with Gasteiger partial charge in [0.25, 0.3) is 0 Å². The summed E-state index contributed by atoms with van der Waals surface area (Å²) in [6.45, 7) is 0.853. The Bertz CT molecular complexity index is 1930. The molecule has 0 radical (unpaired) electrons. The fraction of sp³-hybridized carbons (Fsp3) is 0.351. The van der Waals surface area contributed by atoms with Crippen molar-refractivity contribution < 1.29 is 27.5 Å². The van der Waals surface area contributed by atoms with Gasteiger partial charge in [0, 0.05) is 98.4 Å². The van der Waals surface area contributed by atoms with Gasteiger partial charge >= 0.3 is 6.61 Å². The summed E-state index contributed by atoms with van der Waals surface area (Å²) >= 11 is 13.8. The van der Waals surface area contributed by atoms with E-state index in [1.165, 1.54) is 18.5 Å². The summed E-state index contributed by atoms with van der Waals surface area (Å²) in [5.41, 5.74) is 3.13. The lowest BCUT2D eigenvalue weighted by Crippen LogP contribution is -2.44. The second kappa shape index (κ2) is 16.9. The Kier molecular flexibility index (Phi) is 12.2. The molecule has 4 heterocycles. The monoisotopic (exact) mass is 755 g/mol. The van der Waals surface area contributed by atoms with Gasteiger partial charge in [-0.15, -0.1) is 0 Å². The number of nitrogens with zero attached hydrogens (tertiary/aromatic N) is 3. The molecule has 52 heavy (non-hydrogen) atoms. The lowest BCUT2D eigenvalue weighted by molar-refractivity contribution is -0.130. The molecule has 0 bridgehead atoms. The molecule has 0 saturated carbocycles. The van der Waals surface area contributed by atoms with Crippen molar-refractivity contribution in [2.45, 2.75) is 64.4 Å². The Hall–Kier alpha value is -4.43. The van der Waals surface area contributed by atoms with E-state index in [0.29, 0.717) is 78.2 Å². The van der Waals surface area contributed by atoms with Gasteiger partial charge in [-0.05, 0) is 43.5 Å². The number of ether oxygens (including phenoxy) is 1. The number of alkyl halides is 2. The van der Waals surface area contributed by atoms with Crippen LogP contribution in [0.5, 0.6) is 5.75 Å². The number of piperidine rings is 1. The zero-order chi connectivity index (χ0) is 36.8. The first-order valence-corrected chi connectivity index (χ1v) is 17.7. The molecule has 2 saturated heterocycles. The predicted molar refractivity (Wildman–Crippen MR) is 194 cm³/mol. The number of amides is 2. The molecule has 4 aromatic rings. The lowest BCUT2D eigenvalue weighted by atomic mass is 10.0. The maximum absolute atomic E-state index is 15.7. The van der Waals surface area contributed by atoms with Gasteiger partial charge in [0.15, 0.2) is 11.6 Å². The van der Waals surface area contributed by atoms with E-state index in [1.807, 2.05) is 4.90 Å². The number of hydrogen-bond donors (Lipinski definition) is 4. The van der Waals surface area contributed by atoms with Crippen LogP contribution in [0.4, 0.5) is 24.7 Å². The van der Waals surface area contributed by atoms with E-state index in [-0.39, 0.29) is 52.1 Å². The van der Waals surface area contributed by atoms with Crippen LogP contribution in [-0.4, -0.2) is 65.0 Å². The van der Waals surface area contributed by atoms with Crippen LogP contribution in [0.15, 0.2) is 60.9 Å². The van der Waals surface area contributed by atoms with Gasteiger partial charge in [-0.25, -0.2) is 9.37 Å². The van der Waals surface area contributed by atoms with E-state index >= 15 is 4.39 Å². The second-order valence-corrected chi connectivity index (χ2v) is 13.5. The number of aromatic nitrogens is 2. The average Bonchev–Trinajstić information content (AvgIpc) is 3.54. The summed E-state index contributed by atoms with van der Waals surface area (Å²) in [5.74, 6) is -0.501. The van der Waals surface area contributed by atoms with Crippen LogP contribution in [0.3, 0.4) is 0 Å². The summed E-state index contributed by atoms with van der Waals surface area (Å²) in [6, 6.07) is 13.5. The van der Waals surface area contributed by atoms with Crippen molar-refractivity contribution in [3.05, 3.63) is 87.9 Å². The van der Waals surface area contributed by atoms with Crippen LogP contribution >= 0.6 is 23.2 Å². The number of hydrogen-bond acceptors (Lipinski definition) is 8. The second-order valence-electron chi connectivity index (χ2n) is 12.7. The largest absolute Gasteiger partial charge is 0.434 e. The van der Waals surface area contributed by atoms with Gasteiger partial charge < -0.3 is 30.9 Å².